The van der Waals surface area contributed by atoms with Crippen LogP contribution in [0.2, 0.25) is 0 Å². The molecule has 1 heterocycles. The Balaban J connectivity index is 2.50. The number of hydrogen-bond donors (Lipinski definition) is 1. The molecule has 0 aliphatic heterocycles. The molecule has 2 aromatic rings. The molecule has 5 nitrogen and oxygen atoms in total. The third kappa shape index (κ3) is 3.24. The minimum atomic E-state index is -0.864. The van der Waals surface area contributed by atoms with Gasteiger partial charge >= 0.3 is 5.97 Å². The van der Waals surface area contributed by atoms with E-state index < -0.39 is 12.0 Å². The van der Waals surface area contributed by atoms with Crippen LogP contribution in [0, 0.1) is 0 Å². The quantitative estimate of drug-likeness (QED) is 0.916. The van der Waals surface area contributed by atoms with Crippen molar-refractivity contribution in [3.8, 4) is 5.75 Å². The molecule has 1 unspecified atom stereocenters. The number of ether oxygens (including phenoxy) is 1. The Labute approximate surface area is 124 Å². The number of pyridine rings is 1. The molecule has 1 aromatic carbocycles. The molecule has 21 heavy (non-hydrogen) atoms. The second kappa shape index (κ2) is 5.99. The summed E-state index contributed by atoms with van der Waals surface area (Å²) < 4.78 is 5.70. The topological polar surface area (TPSA) is 62.7 Å². The van der Waals surface area contributed by atoms with Crippen LogP contribution < -0.4 is 9.64 Å². The van der Waals surface area contributed by atoms with Crippen LogP contribution in [0.15, 0.2) is 30.5 Å². The van der Waals surface area contributed by atoms with Gasteiger partial charge in [0.1, 0.15) is 11.8 Å². The summed E-state index contributed by atoms with van der Waals surface area (Å²) in [6.07, 6.45) is 1.77. The number of benzene rings is 1. The number of hydrogen-bond acceptors (Lipinski definition) is 4. The molecule has 5 heteroatoms. The second-order valence-corrected chi connectivity index (χ2v) is 5.30. The Hall–Kier alpha value is -2.30. The number of likely N-dealkylation sites (N-methyl/N-ethyl adjacent to an activating group) is 1. The molecule has 0 saturated heterocycles. The van der Waals surface area contributed by atoms with Crippen molar-refractivity contribution in [1.29, 1.82) is 0 Å². The summed E-state index contributed by atoms with van der Waals surface area (Å²) in [7, 11) is 1.77. The van der Waals surface area contributed by atoms with Crippen LogP contribution in [0.25, 0.3) is 10.9 Å². The third-order valence-corrected chi connectivity index (χ3v) is 3.38. The molecule has 112 valence electrons. The monoisotopic (exact) mass is 288 g/mol. The molecule has 0 bridgehead atoms. The molecule has 1 N–H and O–H groups in total. The van der Waals surface area contributed by atoms with E-state index in [1.54, 1.807) is 25.1 Å². The minimum absolute atomic E-state index is 0.0817. The first-order chi connectivity index (χ1) is 9.90. The van der Waals surface area contributed by atoms with E-state index in [9.17, 15) is 9.90 Å². The van der Waals surface area contributed by atoms with Crippen molar-refractivity contribution in [2.45, 2.75) is 32.9 Å². The van der Waals surface area contributed by atoms with E-state index >= 15 is 0 Å². The highest BCUT2D eigenvalue weighted by atomic mass is 16.5. The smallest absolute Gasteiger partial charge is 0.326 e. The number of anilines is 1. The fourth-order valence-corrected chi connectivity index (χ4v) is 2.14. The predicted octanol–water partition coefficient (Wildman–Crippen LogP) is 2.93. The lowest BCUT2D eigenvalue weighted by Gasteiger charge is -2.25. The van der Waals surface area contributed by atoms with Gasteiger partial charge in [-0.3, -0.25) is 4.98 Å². The molecule has 2 rings (SSSR count). The van der Waals surface area contributed by atoms with Crippen molar-refractivity contribution in [1.82, 2.24) is 4.98 Å². The van der Waals surface area contributed by atoms with Crippen molar-refractivity contribution in [3.05, 3.63) is 30.5 Å². The van der Waals surface area contributed by atoms with Gasteiger partial charge in [0.2, 0.25) is 0 Å². The van der Waals surface area contributed by atoms with Crippen LogP contribution in [0.5, 0.6) is 5.75 Å². The molecule has 1 atom stereocenters. The van der Waals surface area contributed by atoms with Crippen LogP contribution in [0.4, 0.5) is 5.69 Å². The maximum absolute atomic E-state index is 11.2. The van der Waals surface area contributed by atoms with Gasteiger partial charge in [-0.1, -0.05) is 0 Å². The maximum atomic E-state index is 11.2. The normalized spacial score (nSPS) is 12.4. The van der Waals surface area contributed by atoms with Gasteiger partial charge in [0.05, 0.1) is 11.6 Å². The van der Waals surface area contributed by atoms with Gasteiger partial charge in [0.15, 0.2) is 0 Å². The minimum Gasteiger partial charge on any atom is -0.491 e. The molecule has 1 aromatic heterocycles. The van der Waals surface area contributed by atoms with Gasteiger partial charge in [-0.15, -0.1) is 0 Å². The number of carboxylic acid groups (broad SMARTS) is 1. The Morgan fingerprint density at radius 3 is 2.62 bits per heavy atom. The summed E-state index contributed by atoms with van der Waals surface area (Å²) in [4.78, 5) is 17.2. The molecule has 0 amide bonds. The van der Waals surface area contributed by atoms with Crippen molar-refractivity contribution >= 4 is 22.6 Å². The first kappa shape index (κ1) is 15.1. The van der Waals surface area contributed by atoms with E-state index in [0.29, 0.717) is 0 Å². The van der Waals surface area contributed by atoms with Gasteiger partial charge in [0, 0.05) is 24.3 Å². The van der Waals surface area contributed by atoms with E-state index in [1.807, 2.05) is 38.1 Å². The van der Waals surface area contributed by atoms with Crippen LogP contribution in [-0.2, 0) is 4.79 Å². The molecule has 0 spiro atoms. The van der Waals surface area contributed by atoms with Gasteiger partial charge < -0.3 is 14.7 Å². The standard InChI is InChI=1S/C16H20N2O3/c1-10(2)21-12-5-6-14-13(9-12)15(7-8-17-14)18(4)11(3)16(19)20/h5-11H,1-4H3,(H,19,20). The van der Waals surface area contributed by atoms with Crippen molar-refractivity contribution < 1.29 is 14.6 Å². The average Bonchev–Trinajstić information content (AvgIpc) is 2.44. The zero-order chi connectivity index (χ0) is 15.6. The van der Waals surface area contributed by atoms with Crippen LogP contribution in [0.3, 0.4) is 0 Å². The summed E-state index contributed by atoms with van der Waals surface area (Å²) in [5.41, 5.74) is 1.64. The summed E-state index contributed by atoms with van der Waals surface area (Å²) >= 11 is 0. The van der Waals surface area contributed by atoms with Crippen LogP contribution in [-0.4, -0.2) is 35.3 Å². The van der Waals surface area contributed by atoms with Gasteiger partial charge in [0.25, 0.3) is 0 Å². The lowest BCUT2D eigenvalue weighted by molar-refractivity contribution is -0.138. The number of nitrogens with zero attached hydrogens (tertiary/aromatic N) is 2. The van der Waals surface area contributed by atoms with E-state index in [-0.39, 0.29) is 6.10 Å². The summed E-state index contributed by atoms with van der Waals surface area (Å²) in [6, 6.07) is 6.87. The molecular weight excluding hydrogens is 268 g/mol. The number of aliphatic carboxylic acids is 1. The van der Waals surface area contributed by atoms with Gasteiger partial charge in [-0.05, 0) is 45.0 Å². The first-order valence-electron chi connectivity index (χ1n) is 6.91. The second-order valence-electron chi connectivity index (χ2n) is 5.30. The largest absolute Gasteiger partial charge is 0.491 e. The highest BCUT2D eigenvalue weighted by Gasteiger charge is 2.19. The number of carboxylic acids is 1. The highest BCUT2D eigenvalue weighted by Crippen LogP contribution is 2.29. The van der Waals surface area contributed by atoms with E-state index in [4.69, 9.17) is 4.74 Å². The zero-order valence-corrected chi connectivity index (χ0v) is 12.7. The number of carbonyl (C=O) groups is 1. The fourth-order valence-electron chi connectivity index (χ4n) is 2.14. The highest BCUT2D eigenvalue weighted by molar-refractivity contribution is 5.94. The molecule has 0 aliphatic rings. The molecule has 0 fully saturated rings. The Morgan fingerprint density at radius 2 is 2.00 bits per heavy atom. The van der Waals surface area contributed by atoms with Crippen molar-refractivity contribution in [3.63, 3.8) is 0 Å². The predicted molar refractivity (Wildman–Crippen MR) is 83.0 cm³/mol. The molecule has 0 saturated carbocycles. The van der Waals surface area contributed by atoms with E-state index in [0.717, 1.165) is 22.3 Å². The number of rotatable bonds is 5. The van der Waals surface area contributed by atoms with Crippen molar-refractivity contribution in [2.75, 3.05) is 11.9 Å². The summed E-state index contributed by atoms with van der Waals surface area (Å²) in [5, 5.41) is 10.1. The summed E-state index contributed by atoms with van der Waals surface area (Å²) in [5.74, 6) is -0.111. The molecular formula is C16H20N2O3. The van der Waals surface area contributed by atoms with Crippen LogP contribution >= 0.6 is 0 Å². The van der Waals surface area contributed by atoms with E-state index in [2.05, 4.69) is 4.98 Å². The van der Waals surface area contributed by atoms with Gasteiger partial charge in [-0.25, -0.2) is 4.79 Å². The molecule has 0 aliphatic carbocycles. The van der Waals surface area contributed by atoms with Crippen molar-refractivity contribution in [2.24, 2.45) is 0 Å². The third-order valence-electron chi connectivity index (χ3n) is 3.38. The lowest BCUT2D eigenvalue weighted by atomic mass is 10.1. The molecule has 0 radical (unpaired) electrons. The Bertz CT molecular complexity index is 655. The Kier molecular flexibility index (Phi) is 4.31. The Morgan fingerprint density at radius 1 is 1.29 bits per heavy atom. The van der Waals surface area contributed by atoms with Crippen LogP contribution in [0.1, 0.15) is 20.8 Å². The summed E-state index contributed by atoms with van der Waals surface area (Å²) in [6.45, 7) is 5.59. The average molecular weight is 288 g/mol. The van der Waals surface area contributed by atoms with Gasteiger partial charge in [-0.2, -0.15) is 0 Å². The number of aromatic nitrogens is 1. The first-order valence-corrected chi connectivity index (χ1v) is 6.91. The zero-order valence-electron chi connectivity index (χ0n) is 12.7. The maximum Gasteiger partial charge on any atom is 0.326 e. The van der Waals surface area contributed by atoms with E-state index in [1.165, 1.54) is 0 Å². The fraction of sp³-hybridized carbons (Fsp3) is 0.375. The number of fused-ring (bicyclic) bond motifs is 1. The SMILES string of the molecule is CC(C)Oc1ccc2nccc(N(C)C(C)C(=O)O)c2c1. The lowest BCUT2D eigenvalue weighted by Crippen LogP contribution is -2.35.